The summed E-state index contributed by atoms with van der Waals surface area (Å²) in [7, 11) is 1.46. The van der Waals surface area contributed by atoms with E-state index >= 15 is 0 Å². The molecule has 4 aromatic rings. The molecule has 1 amide bonds. The number of rotatable bonds is 7. The number of fused-ring (bicyclic) bond motifs is 2. The monoisotopic (exact) mass is 450 g/mol. The van der Waals surface area contributed by atoms with Crippen molar-refractivity contribution in [3.63, 3.8) is 0 Å². The van der Waals surface area contributed by atoms with Crippen molar-refractivity contribution in [2.45, 2.75) is 19.3 Å². The minimum absolute atomic E-state index is 0.0369. The maximum absolute atomic E-state index is 12.6. The van der Waals surface area contributed by atoms with Crippen molar-refractivity contribution in [2.24, 2.45) is 11.7 Å². The summed E-state index contributed by atoms with van der Waals surface area (Å²) in [4.78, 5) is 28.7. The first-order chi connectivity index (χ1) is 15.4. The van der Waals surface area contributed by atoms with E-state index in [1.807, 2.05) is 0 Å². The summed E-state index contributed by atoms with van der Waals surface area (Å²) in [6.45, 7) is 0. The number of carbonyl (C=O) groups is 2. The average Bonchev–Trinajstić information content (AvgIpc) is 3.47. The number of hydrogen-bond acceptors (Lipinski definition) is 6. The minimum Gasteiger partial charge on any atom is -0.496 e. The van der Waals surface area contributed by atoms with E-state index in [1.165, 1.54) is 13.4 Å². The molecule has 7 nitrogen and oxygen atoms in total. The maximum atomic E-state index is 12.6. The van der Waals surface area contributed by atoms with E-state index in [0.717, 1.165) is 12.8 Å². The van der Waals surface area contributed by atoms with Gasteiger partial charge < -0.3 is 19.6 Å². The van der Waals surface area contributed by atoms with Crippen molar-refractivity contribution in [2.75, 3.05) is 7.11 Å². The lowest BCUT2D eigenvalue weighted by Gasteiger charge is -2.12. The van der Waals surface area contributed by atoms with Crippen LogP contribution in [0.15, 0.2) is 47.2 Å². The van der Waals surface area contributed by atoms with E-state index < -0.39 is 5.91 Å². The molecule has 32 heavy (non-hydrogen) atoms. The molecule has 0 atom stereocenters. The Morgan fingerprint density at radius 3 is 2.72 bits per heavy atom. The molecule has 1 aliphatic carbocycles. The van der Waals surface area contributed by atoms with Crippen LogP contribution in [0, 0.1) is 5.92 Å². The van der Waals surface area contributed by atoms with Crippen LogP contribution in [0.2, 0.25) is 5.02 Å². The van der Waals surface area contributed by atoms with Crippen molar-refractivity contribution in [1.29, 1.82) is 0 Å². The van der Waals surface area contributed by atoms with Crippen molar-refractivity contribution in [3.05, 3.63) is 58.9 Å². The third kappa shape index (κ3) is 3.65. The predicted octanol–water partition coefficient (Wildman–Crippen LogP) is 5.52. The van der Waals surface area contributed by atoms with Gasteiger partial charge in [-0.3, -0.25) is 14.6 Å². The van der Waals surface area contributed by atoms with E-state index in [2.05, 4.69) is 4.98 Å². The smallest absolute Gasteiger partial charge is 0.252 e. The fourth-order valence-electron chi connectivity index (χ4n) is 3.78. The molecule has 2 aromatic carbocycles. The highest BCUT2D eigenvalue weighted by Crippen LogP contribution is 2.39. The summed E-state index contributed by atoms with van der Waals surface area (Å²) in [6.07, 6.45) is 5.74. The summed E-state index contributed by atoms with van der Waals surface area (Å²) < 4.78 is 16.9. The van der Waals surface area contributed by atoms with Crippen LogP contribution < -0.4 is 15.2 Å². The summed E-state index contributed by atoms with van der Waals surface area (Å²) in [6, 6.07) is 8.20. The van der Waals surface area contributed by atoms with Crippen LogP contribution >= 0.6 is 11.6 Å². The van der Waals surface area contributed by atoms with Crippen LogP contribution in [0.1, 0.15) is 40.0 Å². The number of methoxy groups -OCH3 is 1. The standard InChI is InChI=1S/C24H19ClN2O5/c1-30-21-10-18-14(9-15(21)24(26)29)20(4-5-27-18)32-13-7-17(25)23-16(11-31-22(23)8-13)19(28)6-12-2-3-12/h4-5,7-12H,2-3,6H2,1H3,(H2,26,29). The van der Waals surface area contributed by atoms with Gasteiger partial charge in [0.2, 0.25) is 0 Å². The number of primary amides is 1. The first-order valence-corrected chi connectivity index (χ1v) is 10.5. The Hall–Kier alpha value is -3.58. The SMILES string of the molecule is COc1cc2nccc(Oc3cc(Cl)c4c(C(=O)CC5CC5)coc4c3)c2cc1C(N)=O. The Bertz CT molecular complexity index is 1390. The Morgan fingerprint density at radius 1 is 1.19 bits per heavy atom. The second-order valence-electron chi connectivity index (χ2n) is 7.84. The highest BCUT2D eigenvalue weighted by atomic mass is 35.5. The number of hydrogen-bond donors (Lipinski definition) is 1. The Morgan fingerprint density at radius 2 is 2.00 bits per heavy atom. The first kappa shape index (κ1) is 20.3. The molecule has 0 spiro atoms. The third-order valence-electron chi connectivity index (χ3n) is 5.59. The van der Waals surface area contributed by atoms with E-state index in [-0.39, 0.29) is 11.3 Å². The molecule has 0 unspecified atom stereocenters. The number of nitrogens with two attached hydrogens (primary N) is 1. The minimum atomic E-state index is -0.623. The lowest BCUT2D eigenvalue weighted by Crippen LogP contribution is -2.12. The van der Waals surface area contributed by atoms with Gasteiger partial charge in [0, 0.05) is 41.6 Å². The summed E-state index contributed by atoms with van der Waals surface area (Å²) in [5, 5.41) is 1.53. The lowest BCUT2D eigenvalue weighted by atomic mass is 10.0. The van der Waals surface area contributed by atoms with Gasteiger partial charge in [0.1, 0.15) is 29.1 Å². The molecule has 5 rings (SSSR count). The number of carbonyl (C=O) groups excluding carboxylic acids is 2. The zero-order valence-corrected chi connectivity index (χ0v) is 17.9. The molecule has 1 fully saturated rings. The van der Waals surface area contributed by atoms with Gasteiger partial charge in [-0.05, 0) is 30.9 Å². The molecule has 2 heterocycles. The molecule has 1 aliphatic rings. The van der Waals surface area contributed by atoms with Crippen LogP contribution in [0.3, 0.4) is 0 Å². The normalized spacial score (nSPS) is 13.4. The van der Waals surface area contributed by atoms with Crippen LogP contribution in [-0.2, 0) is 0 Å². The Kier molecular flexibility index (Phi) is 4.98. The molecule has 0 aliphatic heterocycles. The van der Waals surface area contributed by atoms with Gasteiger partial charge in [-0.1, -0.05) is 11.6 Å². The van der Waals surface area contributed by atoms with Gasteiger partial charge in [-0.25, -0.2) is 0 Å². The quantitative estimate of drug-likeness (QED) is 0.372. The molecule has 1 saturated carbocycles. The number of furan rings is 1. The zero-order valence-electron chi connectivity index (χ0n) is 17.2. The molecular formula is C24H19ClN2O5. The third-order valence-corrected chi connectivity index (χ3v) is 5.89. The van der Waals surface area contributed by atoms with E-state index in [9.17, 15) is 9.59 Å². The van der Waals surface area contributed by atoms with E-state index in [4.69, 9.17) is 31.2 Å². The molecule has 0 bridgehead atoms. The number of ether oxygens (including phenoxy) is 2. The second-order valence-corrected chi connectivity index (χ2v) is 8.25. The molecule has 0 saturated heterocycles. The number of halogens is 1. The van der Waals surface area contributed by atoms with Crippen LogP contribution in [0.4, 0.5) is 0 Å². The largest absolute Gasteiger partial charge is 0.496 e. The number of nitrogens with zero attached hydrogens (tertiary/aromatic N) is 1. The number of pyridine rings is 1. The first-order valence-electron chi connectivity index (χ1n) is 10.1. The summed E-state index contributed by atoms with van der Waals surface area (Å²) in [5.74, 6) is 1.09. The van der Waals surface area contributed by atoms with Gasteiger partial charge in [0.05, 0.1) is 28.8 Å². The Balaban J connectivity index is 1.53. The number of benzene rings is 2. The number of aromatic nitrogens is 1. The maximum Gasteiger partial charge on any atom is 0.252 e. The summed E-state index contributed by atoms with van der Waals surface area (Å²) >= 11 is 6.51. The molecule has 0 radical (unpaired) electrons. The average molecular weight is 451 g/mol. The van der Waals surface area contributed by atoms with Gasteiger partial charge >= 0.3 is 0 Å². The molecular weight excluding hydrogens is 432 g/mol. The fraction of sp³-hybridized carbons (Fsp3) is 0.208. The van der Waals surface area contributed by atoms with Crippen molar-refractivity contribution in [1.82, 2.24) is 4.98 Å². The van der Waals surface area contributed by atoms with E-state index in [1.54, 1.807) is 36.5 Å². The highest BCUT2D eigenvalue weighted by molar-refractivity contribution is 6.37. The summed E-state index contributed by atoms with van der Waals surface area (Å²) in [5.41, 5.74) is 7.24. The van der Waals surface area contributed by atoms with Crippen LogP contribution in [0.25, 0.3) is 21.9 Å². The molecule has 8 heteroatoms. The fourth-order valence-corrected chi connectivity index (χ4v) is 4.08. The topological polar surface area (TPSA) is 105 Å². The zero-order chi connectivity index (χ0) is 22.4. The van der Waals surface area contributed by atoms with Crippen molar-refractivity contribution >= 4 is 45.2 Å². The molecule has 2 N–H and O–H groups in total. The van der Waals surface area contributed by atoms with Crippen LogP contribution in [-0.4, -0.2) is 23.8 Å². The van der Waals surface area contributed by atoms with Crippen molar-refractivity contribution in [3.8, 4) is 17.2 Å². The van der Waals surface area contributed by atoms with Gasteiger partial charge in [-0.2, -0.15) is 0 Å². The second kappa shape index (κ2) is 7.84. The molecule has 2 aromatic heterocycles. The number of ketones is 1. The predicted molar refractivity (Wildman–Crippen MR) is 120 cm³/mol. The lowest BCUT2D eigenvalue weighted by molar-refractivity contribution is 0.0973. The number of Topliss-reactive ketones (excluding diaryl/α,β-unsaturated/α-hetero) is 1. The van der Waals surface area contributed by atoms with Crippen molar-refractivity contribution < 1.29 is 23.5 Å². The van der Waals surface area contributed by atoms with Gasteiger partial charge in [0.15, 0.2) is 5.78 Å². The van der Waals surface area contributed by atoms with Gasteiger partial charge in [-0.15, -0.1) is 0 Å². The number of amides is 1. The molecule has 162 valence electrons. The Labute approximate surface area is 188 Å². The van der Waals surface area contributed by atoms with E-state index in [0.29, 0.717) is 62.0 Å². The highest BCUT2D eigenvalue weighted by Gasteiger charge is 2.27. The van der Waals surface area contributed by atoms with Crippen LogP contribution in [0.5, 0.6) is 17.2 Å². The van der Waals surface area contributed by atoms with Gasteiger partial charge in [0.25, 0.3) is 5.91 Å².